The lowest BCUT2D eigenvalue weighted by molar-refractivity contribution is 0.0951. The van der Waals surface area contributed by atoms with Crippen molar-refractivity contribution in [3.63, 3.8) is 0 Å². The van der Waals surface area contributed by atoms with Crippen molar-refractivity contribution < 1.29 is 4.79 Å². The number of nitriles is 1. The second-order valence-electron chi connectivity index (χ2n) is 3.99. The van der Waals surface area contributed by atoms with Gasteiger partial charge in [0.05, 0.1) is 11.6 Å². The number of amides is 1. The highest BCUT2D eigenvalue weighted by molar-refractivity contribution is 6.33. The van der Waals surface area contributed by atoms with Gasteiger partial charge in [-0.05, 0) is 29.8 Å². The predicted octanol–water partition coefficient (Wildman–Crippen LogP) is 3.19. The van der Waals surface area contributed by atoms with Crippen molar-refractivity contribution in [3.05, 3.63) is 63.4 Å². The van der Waals surface area contributed by atoms with Crippen LogP contribution in [0.5, 0.6) is 0 Å². The first-order valence-corrected chi connectivity index (χ1v) is 6.44. The minimum atomic E-state index is -0.291. The number of nitrogens with one attached hydrogen (secondary N) is 1. The summed E-state index contributed by atoms with van der Waals surface area (Å²) in [5.41, 5.74) is 1.82. The molecule has 0 fully saturated rings. The zero-order valence-corrected chi connectivity index (χ0v) is 11.7. The molecule has 1 heterocycles. The first kappa shape index (κ1) is 14.3. The van der Waals surface area contributed by atoms with Crippen LogP contribution in [0.1, 0.15) is 21.5 Å². The van der Waals surface area contributed by atoms with Crippen molar-refractivity contribution in [2.75, 3.05) is 0 Å². The first-order chi connectivity index (χ1) is 9.58. The lowest BCUT2D eigenvalue weighted by atomic mass is 10.1. The normalized spacial score (nSPS) is 9.85. The lowest BCUT2D eigenvalue weighted by Gasteiger charge is -2.06. The number of carbonyl (C=O) groups is 1. The molecule has 1 N–H and O–H groups in total. The van der Waals surface area contributed by atoms with Crippen molar-refractivity contribution in [1.29, 1.82) is 5.26 Å². The summed E-state index contributed by atoms with van der Waals surface area (Å²) in [5, 5.41) is 11.8. The van der Waals surface area contributed by atoms with E-state index in [1.54, 1.807) is 24.3 Å². The van der Waals surface area contributed by atoms with E-state index in [9.17, 15) is 4.79 Å². The van der Waals surface area contributed by atoms with E-state index in [4.69, 9.17) is 28.5 Å². The van der Waals surface area contributed by atoms with E-state index in [-0.39, 0.29) is 16.2 Å². The zero-order valence-electron chi connectivity index (χ0n) is 10.2. The number of hydrogen-bond donors (Lipinski definition) is 1. The van der Waals surface area contributed by atoms with Gasteiger partial charge < -0.3 is 5.32 Å². The quantitative estimate of drug-likeness (QED) is 0.886. The Kier molecular flexibility index (Phi) is 4.57. The van der Waals surface area contributed by atoms with Gasteiger partial charge in [-0.1, -0.05) is 35.3 Å². The third kappa shape index (κ3) is 3.70. The second-order valence-corrected chi connectivity index (χ2v) is 4.77. The number of rotatable bonds is 3. The molecule has 4 nitrogen and oxygen atoms in total. The van der Waals surface area contributed by atoms with Gasteiger partial charge in [-0.15, -0.1) is 0 Å². The molecule has 6 heteroatoms. The van der Waals surface area contributed by atoms with Crippen LogP contribution >= 0.6 is 23.2 Å². The molecule has 0 aliphatic heterocycles. The van der Waals surface area contributed by atoms with Gasteiger partial charge in [0.2, 0.25) is 0 Å². The van der Waals surface area contributed by atoms with E-state index in [0.29, 0.717) is 17.7 Å². The Balaban J connectivity index is 2.02. The second kappa shape index (κ2) is 6.38. The molecule has 0 aliphatic carbocycles. The fraction of sp³-hybridized carbons (Fsp3) is 0.0714. The molecule has 0 radical (unpaired) electrons. The molecule has 0 spiro atoms. The van der Waals surface area contributed by atoms with Gasteiger partial charge >= 0.3 is 0 Å². The van der Waals surface area contributed by atoms with Crippen LogP contribution in [0.15, 0.2) is 36.4 Å². The Morgan fingerprint density at radius 1 is 1.20 bits per heavy atom. The van der Waals surface area contributed by atoms with Crippen LogP contribution in [-0.4, -0.2) is 10.9 Å². The number of pyridine rings is 1. The van der Waals surface area contributed by atoms with Crippen LogP contribution in [0.4, 0.5) is 0 Å². The van der Waals surface area contributed by atoms with Crippen LogP contribution in [0.2, 0.25) is 10.3 Å². The largest absolute Gasteiger partial charge is 0.348 e. The number of carbonyl (C=O) groups excluding carboxylic acids is 1. The summed E-state index contributed by atoms with van der Waals surface area (Å²) in [4.78, 5) is 15.7. The lowest BCUT2D eigenvalue weighted by Crippen LogP contribution is -2.22. The smallest absolute Gasteiger partial charge is 0.251 e. The summed E-state index contributed by atoms with van der Waals surface area (Å²) >= 11 is 11.5. The zero-order chi connectivity index (χ0) is 14.5. The van der Waals surface area contributed by atoms with Gasteiger partial charge in [-0.2, -0.15) is 5.26 Å². The first-order valence-electron chi connectivity index (χ1n) is 5.69. The summed E-state index contributed by atoms with van der Waals surface area (Å²) in [7, 11) is 0. The number of halogens is 2. The minimum absolute atomic E-state index is 0.168. The van der Waals surface area contributed by atoms with Crippen LogP contribution < -0.4 is 5.32 Å². The highest BCUT2D eigenvalue weighted by Gasteiger charge is 2.08. The molecule has 0 unspecified atom stereocenters. The SMILES string of the molecule is N#Cc1ccc(CNC(=O)c2cc(Cl)nc(Cl)c2)cc1. The van der Waals surface area contributed by atoms with Gasteiger partial charge in [-0.3, -0.25) is 4.79 Å². The molecule has 0 bridgehead atoms. The van der Waals surface area contributed by atoms with Crippen molar-refractivity contribution >= 4 is 29.1 Å². The Bertz CT molecular complexity index is 658. The van der Waals surface area contributed by atoms with Crippen LogP contribution in [0.25, 0.3) is 0 Å². The van der Waals surface area contributed by atoms with Crippen molar-refractivity contribution in [1.82, 2.24) is 10.3 Å². The number of benzene rings is 1. The van der Waals surface area contributed by atoms with E-state index in [1.165, 1.54) is 12.1 Å². The van der Waals surface area contributed by atoms with Gasteiger partial charge in [0.15, 0.2) is 0 Å². The molecular weight excluding hydrogens is 297 g/mol. The summed E-state index contributed by atoms with van der Waals surface area (Å²) in [6.07, 6.45) is 0. The van der Waals surface area contributed by atoms with Crippen LogP contribution in [0.3, 0.4) is 0 Å². The van der Waals surface area contributed by atoms with Gasteiger partial charge in [0.25, 0.3) is 5.91 Å². The average molecular weight is 306 g/mol. The Hall–Kier alpha value is -2.09. The van der Waals surface area contributed by atoms with Crippen LogP contribution in [-0.2, 0) is 6.54 Å². The summed E-state index contributed by atoms with van der Waals surface area (Å²) in [6, 6.07) is 11.9. The monoisotopic (exact) mass is 305 g/mol. The molecule has 1 amide bonds. The highest BCUT2D eigenvalue weighted by Crippen LogP contribution is 2.14. The standard InChI is InChI=1S/C14H9Cl2N3O/c15-12-5-11(6-13(16)19-12)14(20)18-8-10-3-1-9(7-17)2-4-10/h1-6H,8H2,(H,18,20). The van der Waals surface area contributed by atoms with E-state index in [1.807, 2.05) is 6.07 Å². The molecule has 2 aromatic rings. The van der Waals surface area contributed by atoms with Crippen molar-refractivity contribution in [2.45, 2.75) is 6.54 Å². The molecule has 0 aliphatic rings. The van der Waals surface area contributed by atoms with Gasteiger partial charge in [-0.25, -0.2) is 4.98 Å². The molecular formula is C14H9Cl2N3O. The molecule has 0 saturated heterocycles. The molecule has 1 aromatic heterocycles. The molecule has 0 saturated carbocycles. The summed E-state index contributed by atoms with van der Waals surface area (Å²) in [6.45, 7) is 0.349. The number of aromatic nitrogens is 1. The summed E-state index contributed by atoms with van der Waals surface area (Å²) in [5.74, 6) is -0.291. The highest BCUT2D eigenvalue weighted by atomic mass is 35.5. The third-order valence-corrected chi connectivity index (χ3v) is 2.95. The van der Waals surface area contributed by atoms with Crippen LogP contribution in [0, 0.1) is 11.3 Å². The van der Waals surface area contributed by atoms with E-state index >= 15 is 0 Å². The fourth-order valence-corrected chi connectivity index (χ4v) is 2.04. The van der Waals surface area contributed by atoms with E-state index in [2.05, 4.69) is 10.3 Å². The van der Waals surface area contributed by atoms with E-state index < -0.39 is 0 Å². The number of nitrogens with zero attached hydrogens (tertiary/aromatic N) is 2. The molecule has 0 atom stereocenters. The predicted molar refractivity (Wildman–Crippen MR) is 76.6 cm³/mol. The van der Waals surface area contributed by atoms with E-state index in [0.717, 1.165) is 5.56 Å². The van der Waals surface area contributed by atoms with Crippen molar-refractivity contribution in [2.24, 2.45) is 0 Å². The molecule has 2 rings (SSSR count). The van der Waals surface area contributed by atoms with Crippen molar-refractivity contribution in [3.8, 4) is 6.07 Å². The average Bonchev–Trinajstić information content (AvgIpc) is 2.44. The Morgan fingerprint density at radius 3 is 2.35 bits per heavy atom. The maximum atomic E-state index is 11.9. The van der Waals surface area contributed by atoms with Gasteiger partial charge in [0, 0.05) is 12.1 Å². The molecule has 100 valence electrons. The number of hydrogen-bond acceptors (Lipinski definition) is 3. The minimum Gasteiger partial charge on any atom is -0.348 e. The Morgan fingerprint density at radius 2 is 1.80 bits per heavy atom. The fourth-order valence-electron chi connectivity index (χ4n) is 1.58. The topological polar surface area (TPSA) is 65.8 Å². The summed E-state index contributed by atoms with van der Waals surface area (Å²) < 4.78 is 0. The third-order valence-electron chi connectivity index (χ3n) is 2.56. The maximum Gasteiger partial charge on any atom is 0.251 e. The molecule has 1 aromatic carbocycles. The maximum absolute atomic E-state index is 11.9. The molecule has 20 heavy (non-hydrogen) atoms. The van der Waals surface area contributed by atoms with Gasteiger partial charge in [0.1, 0.15) is 10.3 Å². The Labute approximate surface area is 126 Å².